The Kier molecular flexibility index (Phi) is 7.45. The van der Waals surface area contributed by atoms with E-state index in [0.717, 1.165) is 42.7 Å². The van der Waals surface area contributed by atoms with Crippen molar-refractivity contribution in [2.45, 2.75) is 32.1 Å². The van der Waals surface area contributed by atoms with Gasteiger partial charge in [0.05, 0.1) is 10.2 Å². The van der Waals surface area contributed by atoms with Gasteiger partial charge >= 0.3 is 0 Å². The van der Waals surface area contributed by atoms with Crippen molar-refractivity contribution in [3.05, 3.63) is 0 Å². The van der Waals surface area contributed by atoms with Gasteiger partial charge in [-0.05, 0) is 32.5 Å². The summed E-state index contributed by atoms with van der Waals surface area (Å²) in [5.41, 5.74) is -0.271. The molecule has 0 N–H and O–H groups in total. The standard InChI is InChI=1S/C10H25NO2Si/c1-5-11(6-2)9-7-8-10(14,12-3)13-4/h5-9H2,1-4,14H3. The van der Waals surface area contributed by atoms with Gasteiger partial charge in [0.25, 0.3) is 0 Å². The number of hydrogen-bond acceptors (Lipinski definition) is 3. The van der Waals surface area contributed by atoms with Gasteiger partial charge in [-0.3, -0.25) is 0 Å². The van der Waals surface area contributed by atoms with Gasteiger partial charge < -0.3 is 14.4 Å². The molecule has 0 aliphatic heterocycles. The molecule has 0 aliphatic rings. The van der Waals surface area contributed by atoms with Crippen LogP contribution in [0.15, 0.2) is 0 Å². The zero-order valence-corrected chi connectivity index (χ0v) is 12.3. The molecular weight excluding hydrogens is 194 g/mol. The van der Waals surface area contributed by atoms with Gasteiger partial charge in [-0.25, -0.2) is 0 Å². The molecule has 0 bridgehead atoms. The topological polar surface area (TPSA) is 21.7 Å². The third-order valence-electron chi connectivity index (χ3n) is 2.86. The fraction of sp³-hybridized carbons (Fsp3) is 1.00. The molecule has 0 fully saturated rings. The highest BCUT2D eigenvalue weighted by Crippen LogP contribution is 2.13. The Labute approximate surface area is 91.2 Å². The first-order chi connectivity index (χ1) is 6.61. The van der Waals surface area contributed by atoms with Gasteiger partial charge in [0.15, 0.2) is 0 Å². The molecule has 0 aromatic heterocycles. The Balaban J connectivity index is 3.70. The van der Waals surface area contributed by atoms with E-state index in [1.165, 1.54) is 0 Å². The van der Waals surface area contributed by atoms with Gasteiger partial charge in [-0.15, -0.1) is 0 Å². The van der Waals surface area contributed by atoms with Gasteiger partial charge in [0.1, 0.15) is 5.41 Å². The summed E-state index contributed by atoms with van der Waals surface area (Å²) < 4.78 is 10.7. The zero-order valence-electron chi connectivity index (χ0n) is 10.3. The molecule has 0 aromatic carbocycles. The Bertz CT molecular complexity index is 136. The van der Waals surface area contributed by atoms with Crippen molar-refractivity contribution in [1.29, 1.82) is 0 Å². The Morgan fingerprint density at radius 3 is 2.00 bits per heavy atom. The summed E-state index contributed by atoms with van der Waals surface area (Å²) in [6.45, 7) is 7.80. The molecule has 4 heteroatoms. The van der Waals surface area contributed by atoms with Crippen LogP contribution in [0.25, 0.3) is 0 Å². The lowest BCUT2D eigenvalue weighted by atomic mass is 10.2. The van der Waals surface area contributed by atoms with Gasteiger partial charge in [0, 0.05) is 14.2 Å². The number of hydrogen-bond donors (Lipinski definition) is 0. The van der Waals surface area contributed by atoms with Crippen molar-refractivity contribution >= 4 is 10.2 Å². The van der Waals surface area contributed by atoms with Crippen LogP contribution in [0.3, 0.4) is 0 Å². The molecule has 0 radical (unpaired) electrons. The third kappa shape index (κ3) is 5.10. The van der Waals surface area contributed by atoms with Crippen LogP contribution in [0.5, 0.6) is 0 Å². The van der Waals surface area contributed by atoms with Crippen LogP contribution < -0.4 is 0 Å². The summed E-state index contributed by atoms with van der Waals surface area (Å²) in [5.74, 6) is 0. The molecule has 0 heterocycles. The molecule has 0 aromatic rings. The van der Waals surface area contributed by atoms with Crippen LogP contribution in [0.1, 0.15) is 26.7 Å². The zero-order chi connectivity index (χ0) is 11.0. The first-order valence-electron chi connectivity index (χ1n) is 5.44. The predicted molar refractivity (Wildman–Crippen MR) is 63.7 cm³/mol. The number of rotatable bonds is 8. The quantitative estimate of drug-likeness (QED) is 0.436. The van der Waals surface area contributed by atoms with Crippen molar-refractivity contribution in [1.82, 2.24) is 4.90 Å². The van der Waals surface area contributed by atoms with Crippen LogP contribution in [0.4, 0.5) is 0 Å². The second-order valence-electron chi connectivity index (χ2n) is 3.67. The average Bonchev–Trinajstić information content (AvgIpc) is 2.24. The first-order valence-corrected chi connectivity index (χ1v) is 6.44. The van der Waals surface area contributed by atoms with E-state index in [9.17, 15) is 0 Å². The van der Waals surface area contributed by atoms with Crippen LogP contribution >= 0.6 is 0 Å². The molecule has 0 amide bonds. The van der Waals surface area contributed by atoms with E-state index in [4.69, 9.17) is 9.47 Å². The lowest BCUT2D eigenvalue weighted by Crippen LogP contribution is -2.35. The maximum absolute atomic E-state index is 5.36. The largest absolute Gasteiger partial charge is 0.358 e. The van der Waals surface area contributed by atoms with E-state index in [-0.39, 0.29) is 5.41 Å². The molecule has 0 atom stereocenters. The lowest BCUT2D eigenvalue weighted by molar-refractivity contribution is -0.147. The molecule has 14 heavy (non-hydrogen) atoms. The number of methoxy groups -OCH3 is 2. The van der Waals surface area contributed by atoms with Crippen molar-refractivity contribution < 1.29 is 9.47 Å². The third-order valence-corrected chi connectivity index (χ3v) is 4.18. The molecule has 0 saturated heterocycles. The van der Waals surface area contributed by atoms with Crippen molar-refractivity contribution in [2.24, 2.45) is 0 Å². The lowest BCUT2D eigenvalue weighted by Gasteiger charge is -2.28. The summed E-state index contributed by atoms with van der Waals surface area (Å²) in [4.78, 5) is 2.42. The van der Waals surface area contributed by atoms with Crippen molar-refractivity contribution in [3.63, 3.8) is 0 Å². The summed E-state index contributed by atoms with van der Waals surface area (Å²) in [5, 5.41) is 0. The van der Waals surface area contributed by atoms with E-state index in [0.29, 0.717) is 0 Å². The molecule has 0 spiro atoms. The van der Waals surface area contributed by atoms with Gasteiger partial charge in [-0.2, -0.15) is 0 Å². The fourth-order valence-corrected chi connectivity index (χ4v) is 1.80. The maximum Gasteiger partial charge on any atom is 0.140 e. The minimum atomic E-state index is -0.271. The average molecular weight is 219 g/mol. The summed E-state index contributed by atoms with van der Waals surface area (Å²) in [7, 11) is 4.38. The summed E-state index contributed by atoms with van der Waals surface area (Å²) >= 11 is 0. The van der Waals surface area contributed by atoms with Gasteiger partial charge in [-0.1, -0.05) is 13.8 Å². The van der Waals surface area contributed by atoms with Crippen molar-refractivity contribution in [3.8, 4) is 0 Å². The smallest absolute Gasteiger partial charge is 0.140 e. The van der Waals surface area contributed by atoms with E-state index in [1.807, 2.05) is 0 Å². The highest BCUT2D eigenvalue weighted by molar-refractivity contribution is 6.13. The van der Waals surface area contributed by atoms with Crippen LogP contribution in [-0.4, -0.2) is 54.4 Å². The summed E-state index contributed by atoms with van der Waals surface area (Å²) in [6.07, 6.45) is 2.15. The minimum absolute atomic E-state index is 0.271. The molecule has 0 aliphatic carbocycles. The van der Waals surface area contributed by atoms with Crippen molar-refractivity contribution in [2.75, 3.05) is 33.9 Å². The SMILES string of the molecule is CCN(CC)CCCC([SiH3])(OC)OC. The van der Waals surface area contributed by atoms with E-state index in [1.54, 1.807) is 14.2 Å². The van der Waals surface area contributed by atoms with Crippen LogP contribution in [0, 0.1) is 0 Å². The normalized spacial score (nSPS) is 12.6. The molecule has 0 saturated carbocycles. The molecular formula is C10H25NO2Si. The predicted octanol–water partition coefficient (Wildman–Crippen LogP) is 0.420. The highest BCUT2D eigenvalue weighted by atomic mass is 28.1. The monoisotopic (exact) mass is 219 g/mol. The molecule has 3 nitrogen and oxygen atoms in total. The second kappa shape index (κ2) is 7.40. The number of nitrogens with zero attached hydrogens (tertiary/aromatic N) is 1. The Morgan fingerprint density at radius 1 is 1.14 bits per heavy atom. The fourth-order valence-electron chi connectivity index (χ4n) is 1.45. The maximum atomic E-state index is 5.36. The minimum Gasteiger partial charge on any atom is -0.358 e. The molecule has 0 unspecified atom stereocenters. The van der Waals surface area contributed by atoms with E-state index in [2.05, 4.69) is 18.7 Å². The Morgan fingerprint density at radius 2 is 1.64 bits per heavy atom. The Hall–Kier alpha value is 0.0969. The summed E-state index contributed by atoms with van der Waals surface area (Å²) in [6, 6.07) is 0. The molecule has 86 valence electrons. The van der Waals surface area contributed by atoms with Gasteiger partial charge in [0.2, 0.25) is 0 Å². The van der Waals surface area contributed by atoms with Crippen LogP contribution in [-0.2, 0) is 9.47 Å². The first kappa shape index (κ1) is 14.1. The highest BCUT2D eigenvalue weighted by Gasteiger charge is 2.21. The van der Waals surface area contributed by atoms with E-state index < -0.39 is 0 Å². The van der Waals surface area contributed by atoms with Crippen LogP contribution in [0.2, 0.25) is 0 Å². The van der Waals surface area contributed by atoms with E-state index >= 15 is 0 Å². The second-order valence-corrected chi connectivity index (χ2v) is 5.20. The molecule has 0 rings (SSSR count). The number of ether oxygens (including phenoxy) is 2.